The molecule has 3 N–H and O–H groups in total. The lowest BCUT2D eigenvalue weighted by molar-refractivity contribution is 0.251. The summed E-state index contributed by atoms with van der Waals surface area (Å²) in [5.74, 6) is 1.09. The van der Waals surface area contributed by atoms with Crippen LogP contribution in [0.25, 0.3) is 10.9 Å². The van der Waals surface area contributed by atoms with Crippen molar-refractivity contribution in [3.8, 4) is 11.5 Å². The lowest BCUT2D eigenvalue weighted by Gasteiger charge is -2.13. The van der Waals surface area contributed by atoms with E-state index in [1.165, 1.54) is 18.2 Å². The number of nitrogens with zero attached hydrogens (tertiary/aromatic N) is 4. The van der Waals surface area contributed by atoms with Gasteiger partial charge in [-0.2, -0.15) is 10.2 Å². The third kappa shape index (κ3) is 5.60. The molecule has 0 radical (unpaired) electrons. The molecular formula is C25H29FN6O3. The number of carbonyl (C=O) groups excluding carboxylic acids is 1. The summed E-state index contributed by atoms with van der Waals surface area (Å²) >= 11 is 0. The highest BCUT2D eigenvalue weighted by atomic mass is 19.1. The van der Waals surface area contributed by atoms with Crippen LogP contribution in [0.4, 0.5) is 15.0 Å². The molecule has 2 aromatic heterocycles. The van der Waals surface area contributed by atoms with Gasteiger partial charge in [-0.15, -0.1) is 0 Å². The second-order valence-electron chi connectivity index (χ2n) is 9.26. The summed E-state index contributed by atoms with van der Waals surface area (Å²) in [6.07, 6.45) is 1.69. The Bertz CT molecular complexity index is 1360. The first-order chi connectivity index (χ1) is 16.6. The summed E-state index contributed by atoms with van der Waals surface area (Å²) in [5, 5.41) is 24.2. The number of aromatic nitrogens is 4. The molecule has 0 unspecified atom stereocenters. The van der Waals surface area contributed by atoms with Crippen molar-refractivity contribution in [1.82, 2.24) is 24.9 Å². The summed E-state index contributed by atoms with van der Waals surface area (Å²) in [5.41, 5.74) is 2.06. The van der Waals surface area contributed by atoms with Gasteiger partial charge in [-0.3, -0.25) is 14.7 Å². The van der Waals surface area contributed by atoms with Gasteiger partial charge >= 0.3 is 6.03 Å². The highest BCUT2D eigenvalue weighted by Crippen LogP contribution is 2.29. The average molecular weight is 481 g/mol. The average Bonchev–Trinajstić information content (AvgIpc) is 3.37. The van der Waals surface area contributed by atoms with Crippen LogP contribution in [0.2, 0.25) is 0 Å². The van der Waals surface area contributed by atoms with E-state index in [4.69, 9.17) is 9.84 Å². The van der Waals surface area contributed by atoms with E-state index in [-0.39, 0.29) is 18.6 Å². The van der Waals surface area contributed by atoms with Crippen molar-refractivity contribution in [1.29, 1.82) is 0 Å². The Hall–Kier alpha value is -3.92. The number of nitrogens with one attached hydrogen (secondary N) is 2. The lowest BCUT2D eigenvalue weighted by atomic mass is 9.92. The Kier molecular flexibility index (Phi) is 6.74. The molecule has 35 heavy (non-hydrogen) atoms. The van der Waals surface area contributed by atoms with Crippen molar-refractivity contribution in [3.63, 3.8) is 0 Å². The normalized spacial score (nSPS) is 11.6. The van der Waals surface area contributed by atoms with E-state index >= 15 is 0 Å². The van der Waals surface area contributed by atoms with Crippen LogP contribution in [0.15, 0.2) is 48.7 Å². The van der Waals surface area contributed by atoms with E-state index in [2.05, 4.69) is 20.8 Å². The molecule has 2 amide bonds. The van der Waals surface area contributed by atoms with Gasteiger partial charge in [0.25, 0.3) is 0 Å². The third-order valence-corrected chi connectivity index (χ3v) is 5.50. The minimum atomic E-state index is -0.443. The van der Waals surface area contributed by atoms with Gasteiger partial charge in [0.1, 0.15) is 23.1 Å². The van der Waals surface area contributed by atoms with Gasteiger partial charge in [0.15, 0.2) is 0 Å². The number of hydrogen-bond acceptors (Lipinski definition) is 5. The van der Waals surface area contributed by atoms with Crippen molar-refractivity contribution in [2.24, 2.45) is 7.05 Å². The van der Waals surface area contributed by atoms with Gasteiger partial charge < -0.3 is 15.2 Å². The van der Waals surface area contributed by atoms with Crippen LogP contribution in [0.5, 0.6) is 11.5 Å². The molecule has 9 nitrogen and oxygen atoms in total. The molecular weight excluding hydrogens is 451 g/mol. The predicted molar refractivity (Wildman–Crippen MR) is 131 cm³/mol. The zero-order valence-electron chi connectivity index (χ0n) is 20.2. The quantitative estimate of drug-likeness (QED) is 0.365. The fourth-order valence-corrected chi connectivity index (χ4v) is 3.60. The molecule has 0 saturated carbocycles. The zero-order valence-corrected chi connectivity index (χ0v) is 20.2. The maximum absolute atomic E-state index is 14.0. The standard InChI is InChI=1S/C25H29FN6O3/c1-25(2,3)22-13-23(31(4)30-22)29-24(34)27-14-17-11-18(26)5-8-21(17)35-19-6-7-20-16(12-19)15-28-32(20)9-10-33/h5-8,11-13,15,33H,9-10,14H2,1-4H3,(H2,27,29,34). The van der Waals surface area contributed by atoms with Crippen LogP contribution in [0, 0.1) is 5.82 Å². The molecule has 0 spiro atoms. The van der Waals surface area contributed by atoms with Crippen LogP contribution >= 0.6 is 0 Å². The van der Waals surface area contributed by atoms with Crippen molar-refractivity contribution in [2.75, 3.05) is 11.9 Å². The fourth-order valence-electron chi connectivity index (χ4n) is 3.60. The molecule has 2 heterocycles. The second-order valence-corrected chi connectivity index (χ2v) is 9.26. The van der Waals surface area contributed by atoms with Crippen LogP contribution in [0.3, 0.4) is 0 Å². The first kappa shape index (κ1) is 24.2. The Morgan fingerprint density at radius 3 is 2.69 bits per heavy atom. The monoisotopic (exact) mass is 480 g/mol. The third-order valence-electron chi connectivity index (χ3n) is 5.50. The van der Waals surface area contributed by atoms with Crippen molar-refractivity contribution in [3.05, 3.63) is 65.7 Å². The molecule has 0 fully saturated rings. The number of fused-ring (bicyclic) bond motifs is 1. The van der Waals surface area contributed by atoms with Gasteiger partial charge in [-0.1, -0.05) is 20.8 Å². The molecule has 0 aliphatic rings. The zero-order chi connectivity index (χ0) is 25.2. The van der Waals surface area contributed by atoms with Gasteiger partial charge in [0.05, 0.1) is 30.6 Å². The Labute approximate surface area is 202 Å². The molecule has 2 aromatic carbocycles. The highest BCUT2D eigenvalue weighted by Gasteiger charge is 2.20. The van der Waals surface area contributed by atoms with Crippen molar-refractivity contribution >= 4 is 22.8 Å². The van der Waals surface area contributed by atoms with Gasteiger partial charge in [-0.25, -0.2) is 9.18 Å². The summed E-state index contributed by atoms with van der Waals surface area (Å²) < 4.78 is 23.3. The molecule has 184 valence electrons. The molecule has 0 saturated heterocycles. The first-order valence-electron chi connectivity index (χ1n) is 11.3. The summed E-state index contributed by atoms with van der Waals surface area (Å²) in [4.78, 5) is 12.5. The number of urea groups is 1. The topological polar surface area (TPSA) is 106 Å². The number of hydrogen-bond donors (Lipinski definition) is 3. The molecule has 4 aromatic rings. The SMILES string of the molecule is Cn1nc(C(C)(C)C)cc1NC(=O)NCc1cc(F)ccc1Oc1ccc2c(cnn2CCO)c1. The fraction of sp³-hybridized carbons (Fsp3) is 0.320. The number of aryl methyl sites for hydroxylation is 1. The minimum absolute atomic E-state index is 0.00705. The summed E-state index contributed by atoms with van der Waals surface area (Å²) in [6, 6.07) is 11.0. The Morgan fingerprint density at radius 1 is 1.17 bits per heavy atom. The van der Waals surface area contributed by atoms with Crippen LogP contribution < -0.4 is 15.4 Å². The molecule has 0 aliphatic heterocycles. The van der Waals surface area contributed by atoms with E-state index in [9.17, 15) is 9.18 Å². The maximum Gasteiger partial charge on any atom is 0.320 e. The Morgan fingerprint density at radius 2 is 1.97 bits per heavy atom. The number of rotatable bonds is 7. The number of ether oxygens (including phenoxy) is 1. The Balaban J connectivity index is 1.46. The van der Waals surface area contributed by atoms with E-state index in [1.54, 1.807) is 28.7 Å². The van der Waals surface area contributed by atoms with Gasteiger partial charge in [0, 0.05) is 36.0 Å². The smallest absolute Gasteiger partial charge is 0.320 e. The van der Waals surface area contributed by atoms with Crippen LogP contribution in [-0.4, -0.2) is 37.3 Å². The molecule has 0 atom stereocenters. The minimum Gasteiger partial charge on any atom is -0.457 e. The summed E-state index contributed by atoms with van der Waals surface area (Å²) in [7, 11) is 1.76. The number of anilines is 1. The van der Waals surface area contributed by atoms with Crippen LogP contribution in [0.1, 0.15) is 32.0 Å². The predicted octanol–water partition coefficient (Wildman–Crippen LogP) is 4.31. The van der Waals surface area contributed by atoms with E-state index in [0.29, 0.717) is 29.4 Å². The van der Waals surface area contributed by atoms with Crippen molar-refractivity contribution < 1.29 is 19.0 Å². The maximum atomic E-state index is 14.0. The number of halogens is 1. The summed E-state index contributed by atoms with van der Waals surface area (Å²) in [6.45, 7) is 6.58. The molecule has 4 rings (SSSR count). The number of carbonyl (C=O) groups is 1. The van der Waals surface area contributed by atoms with E-state index in [0.717, 1.165) is 16.6 Å². The molecule has 0 aliphatic carbocycles. The number of amides is 2. The van der Waals surface area contributed by atoms with Crippen molar-refractivity contribution in [2.45, 2.75) is 39.3 Å². The van der Waals surface area contributed by atoms with E-state index < -0.39 is 11.8 Å². The number of aliphatic hydroxyl groups is 1. The highest BCUT2D eigenvalue weighted by molar-refractivity contribution is 5.88. The van der Waals surface area contributed by atoms with Crippen LogP contribution in [-0.2, 0) is 25.6 Å². The number of aliphatic hydroxyl groups excluding tert-OH is 1. The molecule has 0 bridgehead atoms. The van der Waals surface area contributed by atoms with E-state index in [1.807, 2.05) is 39.0 Å². The molecule has 10 heteroatoms. The number of benzene rings is 2. The van der Waals surface area contributed by atoms with Gasteiger partial charge in [-0.05, 0) is 36.4 Å². The lowest BCUT2D eigenvalue weighted by Crippen LogP contribution is -2.29. The van der Waals surface area contributed by atoms with Gasteiger partial charge in [0.2, 0.25) is 0 Å². The largest absolute Gasteiger partial charge is 0.457 e. The second kappa shape index (κ2) is 9.75. The first-order valence-corrected chi connectivity index (χ1v) is 11.3.